The summed E-state index contributed by atoms with van der Waals surface area (Å²) >= 11 is 0. The second-order valence-corrected chi connectivity index (χ2v) is 6.23. The molecule has 0 aliphatic heterocycles. The highest BCUT2D eigenvalue weighted by Gasteiger charge is 2.33. The molecule has 0 radical (unpaired) electrons. The highest BCUT2D eigenvalue weighted by molar-refractivity contribution is 5.73. The molecule has 3 rings (SSSR count). The van der Waals surface area contributed by atoms with E-state index in [2.05, 4.69) is 47.8 Å². The van der Waals surface area contributed by atoms with Gasteiger partial charge in [0.05, 0.1) is 0 Å². The predicted molar refractivity (Wildman–Crippen MR) is 91.6 cm³/mol. The summed E-state index contributed by atoms with van der Waals surface area (Å²) in [7, 11) is 0. The number of rotatable bonds is 6. The van der Waals surface area contributed by atoms with Crippen molar-refractivity contribution >= 4 is 5.97 Å². The van der Waals surface area contributed by atoms with Crippen LogP contribution in [0, 0.1) is 0 Å². The average Bonchev–Trinajstić information content (AvgIpc) is 2.94. The molecule has 2 N–H and O–H groups in total. The topological polar surface area (TPSA) is 49.3 Å². The lowest BCUT2D eigenvalue weighted by Gasteiger charge is -2.20. The SMILES string of the molecule is CCCC(N[C@H]1CC(c2ccccc2)c2ccccc21)C(=O)O. The molecule has 2 aromatic carbocycles. The van der Waals surface area contributed by atoms with Crippen LogP contribution in [0.5, 0.6) is 0 Å². The van der Waals surface area contributed by atoms with Crippen molar-refractivity contribution in [2.75, 3.05) is 0 Å². The Morgan fingerprint density at radius 2 is 1.78 bits per heavy atom. The average molecular weight is 309 g/mol. The van der Waals surface area contributed by atoms with Gasteiger partial charge in [0.15, 0.2) is 0 Å². The molecule has 0 fully saturated rings. The zero-order chi connectivity index (χ0) is 16.2. The molecular weight excluding hydrogens is 286 g/mol. The monoisotopic (exact) mass is 309 g/mol. The Morgan fingerprint density at radius 3 is 2.43 bits per heavy atom. The van der Waals surface area contributed by atoms with Crippen molar-refractivity contribution < 1.29 is 9.90 Å². The van der Waals surface area contributed by atoms with Crippen LogP contribution in [0.1, 0.15) is 54.8 Å². The van der Waals surface area contributed by atoms with Crippen LogP contribution in [0.25, 0.3) is 0 Å². The summed E-state index contributed by atoms with van der Waals surface area (Å²) in [5.41, 5.74) is 3.85. The highest BCUT2D eigenvalue weighted by Crippen LogP contribution is 2.44. The van der Waals surface area contributed by atoms with E-state index in [-0.39, 0.29) is 6.04 Å². The van der Waals surface area contributed by atoms with Gasteiger partial charge in [0.2, 0.25) is 0 Å². The number of carboxylic acid groups (broad SMARTS) is 1. The lowest BCUT2D eigenvalue weighted by Crippen LogP contribution is -2.38. The minimum atomic E-state index is -0.757. The molecule has 0 saturated heterocycles. The van der Waals surface area contributed by atoms with Crippen LogP contribution in [0.3, 0.4) is 0 Å². The molecule has 0 amide bonds. The maximum Gasteiger partial charge on any atom is 0.320 e. The molecule has 1 aliphatic carbocycles. The molecule has 2 unspecified atom stereocenters. The fourth-order valence-electron chi connectivity index (χ4n) is 3.60. The molecule has 0 aromatic heterocycles. The first-order chi connectivity index (χ1) is 11.2. The van der Waals surface area contributed by atoms with Gasteiger partial charge in [0.25, 0.3) is 0 Å². The van der Waals surface area contributed by atoms with Gasteiger partial charge in [-0.2, -0.15) is 0 Å². The van der Waals surface area contributed by atoms with Crippen LogP contribution in [-0.2, 0) is 4.79 Å². The molecule has 1 aliphatic rings. The molecule has 0 saturated carbocycles. The van der Waals surface area contributed by atoms with Gasteiger partial charge >= 0.3 is 5.97 Å². The fraction of sp³-hybridized carbons (Fsp3) is 0.350. The molecule has 0 spiro atoms. The van der Waals surface area contributed by atoms with E-state index < -0.39 is 12.0 Å². The Labute approximate surface area is 137 Å². The zero-order valence-corrected chi connectivity index (χ0v) is 13.4. The van der Waals surface area contributed by atoms with Gasteiger partial charge in [0, 0.05) is 12.0 Å². The minimum absolute atomic E-state index is 0.101. The number of benzene rings is 2. The number of carboxylic acids is 1. The summed E-state index contributed by atoms with van der Waals surface area (Å²) in [6, 6.07) is 18.5. The first-order valence-electron chi connectivity index (χ1n) is 8.33. The van der Waals surface area contributed by atoms with E-state index in [0.29, 0.717) is 12.3 Å². The van der Waals surface area contributed by atoms with Crippen molar-refractivity contribution in [3.05, 3.63) is 71.3 Å². The lowest BCUT2D eigenvalue weighted by atomic mass is 9.93. The number of aliphatic carboxylic acids is 1. The third-order valence-electron chi connectivity index (χ3n) is 4.70. The maximum atomic E-state index is 11.5. The Morgan fingerprint density at radius 1 is 1.13 bits per heavy atom. The summed E-state index contributed by atoms with van der Waals surface area (Å²) in [6.45, 7) is 2.02. The van der Waals surface area contributed by atoms with E-state index in [1.54, 1.807) is 0 Å². The predicted octanol–water partition coefficient (Wildman–Crippen LogP) is 4.11. The third kappa shape index (κ3) is 3.30. The number of hydrogen-bond donors (Lipinski definition) is 2. The van der Waals surface area contributed by atoms with E-state index in [1.807, 2.05) is 19.1 Å². The summed E-state index contributed by atoms with van der Waals surface area (Å²) in [4.78, 5) is 11.5. The van der Waals surface area contributed by atoms with E-state index in [9.17, 15) is 9.90 Å². The van der Waals surface area contributed by atoms with Gasteiger partial charge in [-0.1, -0.05) is 67.9 Å². The van der Waals surface area contributed by atoms with Crippen LogP contribution in [0.2, 0.25) is 0 Å². The fourth-order valence-corrected chi connectivity index (χ4v) is 3.60. The largest absolute Gasteiger partial charge is 0.480 e. The van der Waals surface area contributed by atoms with Crippen LogP contribution >= 0.6 is 0 Å². The quantitative estimate of drug-likeness (QED) is 0.844. The summed E-state index contributed by atoms with van der Waals surface area (Å²) in [5, 5.41) is 12.8. The summed E-state index contributed by atoms with van der Waals surface area (Å²) in [6.07, 6.45) is 2.43. The Balaban J connectivity index is 1.88. The maximum absolute atomic E-state index is 11.5. The van der Waals surface area contributed by atoms with Crippen molar-refractivity contribution in [1.29, 1.82) is 0 Å². The normalized spacial score (nSPS) is 20.9. The Kier molecular flexibility index (Phi) is 4.77. The molecule has 3 nitrogen and oxygen atoms in total. The van der Waals surface area contributed by atoms with E-state index in [4.69, 9.17) is 0 Å². The van der Waals surface area contributed by atoms with Crippen molar-refractivity contribution in [2.45, 2.75) is 44.2 Å². The standard InChI is InChI=1S/C20H23NO2/c1-2-8-18(20(22)23)21-19-13-17(14-9-4-3-5-10-14)15-11-6-7-12-16(15)19/h3-7,9-12,17-19,21H,2,8,13H2,1H3,(H,22,23)/t17?,18?,19-/m0/s1. The number of hydrogen-bond acceptors (Lipinski definition) is 2. The molecular formula is C20H23NO2. The molecule has 0 heterocycles. The zero-order valence-electron chi connectivity index (χ0n) is 13.4. The van der Waals surface area contributed by atoms with E-state index in [1.165, 1.54) is 16.7 Å². The van der Waals surface area contributed by atoms with Gasteiger partial charge in [-0.15, -0.1) is 0 Å². The molecule has 3 atom stereocenters. The Bertz CT molecular complexity index is 668. The van der Waals surface area contributed by atoms with Crippen LogP contribution < -0.4 is 5.32 Å². The van der Waals surface area contributed by atoms with Crippen molar-refractivity contribution in [1.82, 2.24) is 5.32 Å². The van der Waals surface area contributed by atoms with Crippen LogP contribution in [0.4, 0.5) is 0 Å². The number of nitrogens with one attached hydrogen (secondary N) is 1. The summed E-state index contributed by atoms with van der Waals surface area (Å²) in [5.74, 6) is -0.423. The molecule has 23 heavy (non-hydrogen) atoms. The van der Waals surface area contributed by atoms with Crippen molar-refractivity contribution in [3.8, 4) is 0 Å². The van der Waals surface area contributed by atoms with Crippen molar-refractivity contribution in [2.24, 2.45) is 0 Å². The molecule has 2 aromatic rings. The highest BCUT2D eigenvalue weighted by atomic mass is 16.4. The van der Waals surface area contributed by atoms with Gasteiger partial charge in [-0.25, -0.2) is 0 Å². The molecule has 0 bridgehead atoms. The third-order valence-corrected chi connectivity index (χ3v) is 4.70. The summed E-state index contributed by atoms with van der Waals surface area (Å²) < 4.78 is 0. The number of carbonyl (C=O) groups is 1. The van der Waals surface area contributed by atoms with Gasteiger partial charge in [-0.05, 0) is 29.5 Å². The van der Waals surface area contributed by atoms with E-state index in [0.717, 1.165) is 12.8 Å². The van der Waals surface area contributed by atoms with E-state index >= 15 is 0 Å². The first-order valence-corrected chi connectivity index (χ1v) is 8.33. The first kappa shape index (κ1) is 15.8. The number of fused-ring (bicyclic) bond motifs is 1. The van der Waals surface area contributed by atoms with Crippen molar-refractivity contribution in [3.63, 3.8) is 0 Å². The van der Waals surface area contributed by atoms with Gasteiger partial charge in [0.1, 0.15) is 6.04 Å². The lowest BCUT2D eigenvalue weighted by molar-refractivity contribution is -0.139. The second-order valence-electron chi connectivity index (χ2n) is 6.23. The molecule has 120 valence electrons. The van der Waals surface area contributed by atoms with Crippen LogP contribution in [0.15, 0.2) is 54.6 Å². The van der Waals surface area contributed by atoms with Gasteiger partial charge in [-0.3, -0.25) is 10.1 Å². The minimum Gasteiger partial charge on any atom is -0.480 e. The Hall–Kier alpha value is -2.13. The molecule has 3 heteroatoms. The second kappa shape index (κ2) is 6.97. The van der Waals surface area contributed by atoms with Crippen LogP contribution in [-0.4, -0.2) is 17.1 Å². The smallest absolute Gasteiger partial charge is 0.320 e. The van der Waals surface area contributed by atoms with Gasteiger partial charge < -0.3 is 5.11 Å².